The van der Waals surface area contributed by atoms with E-state index in [2.05, 4.69) is 51.9 Å². The van der Waals surface area contributed by atoms with E-state index >= 15 is 0 Å². The normalized spacial score (nSPS) is 21.9. The topological polar surface area (TPSA) is 41.6 Å². The van der Waals surface area contributed by atoms with E-state index in [-0.39, 0.29) is 16.9 Å². The van der Waals surface area contributed by atoms with Gasteiger partial charge in [-0.15, -0.1) is 0 Å². The smallest absolute Gasteiger partial charge is 0.226 e. The van der Waals surface area contributed by atoms with Gasteiger partial charge in [0.25, 0.3) is 0 Å². The maximum atomic E-state index is 12.8. The quantitative estimate of drug-likeness (QED) is 0.654. The molecule has 0 aromatic rings. The lowest BCUT2D eigenvalue weighted by atomic mass is 9.82. The molecule has 1 aliphatic rings. The molecule has 1 amide bonds. The fourth-order valence-electron chi connectivity index (χ4n) is 3.37. The molecule has 4 nitrogen and oxygen atoms in total. The first-order valence-corrected chi connectivity index (χ1v) is 9.92. The average molecular weight is 341 g/mol. The van der Waals surface area contributed by atoms with Gasteiger partial charge in [-0.05, 0) is 65.6 Å². The van der Waals surface area contributed by atoms with Crippen LogP contribution in [0.2, 0.25) is 0 Å². The Morgan fingerprint density at radius 2 is 1.75 bits per heavy atom. The number of piperidine rings is 1. The van der Waals surface area contributed by atoms with Crippen LogP contribution >= 0.6 is 0 Å². The van der Waals surface area contributed by atoms with E-state index in [9.17, 15) is 4.79 Å². The predicted octanol–water partition coefficient (Wildman–Crippen LogP) is 3.99. The third-order valence-corrected chi connectivity index (χ3v) is 6.01. The van der Waals surface area contributed by atoms with Crippen molar-refractivity contribution in [1.82, 2.24) is 10.2 Å². The number of carbonyl (C=O) groups is 1. The zero-order chi connectivity index (χ0) is 18.2. The molecule has 1 fully saturated rings. The van der Waals surface area contributed by atoms with Crippen LogP contribution in [0.4, 0.5) is 0 Å². The summed E-state index contributed by atoms with van der Waals surface area (Å²) in [5.74, 6) is 0.205. The van der Waals surface area contributed by atoms with E-state index in [0.717, 1.165) is 58.0 Å². The minimum absolute atomic E-state index is 0.0478. The van der Waals surface area contributed by atoms with Crippen LogP contribution in [-0.2, 0) is 9.53 Å². The fourth-order valence-corrected chi connectivity index (χ4v) is 3.37. The Kier molecular flexibility index (Phi) is 8.72. The molecule has 0 spiro atoms. The first-order valence-electron chi connectivity index (χ1n) is 9.92. The Morgan fingerprint density at radius 3 is 2.25 bits per heavy atom. The van der Waals surface area contributed by atoms with Crippen molar-refractivity contribution in [2.24, 2.45) is 5.41 Å². The number of ether oxygens (including phenoxy) is 1. The molecule has 1 saturated heterocycles. The van der Waals surface area contributed by atoms with E-state index < -0.39 is 0 Å². The van der Waals surface area contributed by atoms with Crippen LogP contribution in [0.5, 0.6) is 0 Å². The van der Waals surface area contributed by atoms with E-state index in [4.69, 9.17) is 4.74 Å². The molecule has 4 heteroatoms. The van der Waals surface area contributed by atoms with Gasteiger partial charge in [-0.2, -0.15) is 0 Å². The molecule has 1 heterocycles. The van der Waals surface area contributed by atoms with Crippen molar-refractivity contribution in [1.29, 1.82) is 0 Å². The summed E-state index contributed by atoms with van der Waals surface area (Å²) in [6, 6.07) is 0.335. The summed E-state index contributed by atoms with van der Waals surface area (Å²) in [5, 5.41) is 3.30. The van der Waals surface area contributed by atoms with Gasteiger partial charge in [0.1, 0.15) is 0 Å². The minimum atomic E-state index is -0.329. The number of hydrogen-bond donors (Lipinski definition) is 1. The van der Waals surface area contributed by atoms with Crippen molar-refractivity contribution in [3.63, 3.8) is 0 Å². The molecule has 1 N–H and O–H groups in total. The number of likely N-dealkylation sites (tertiary alicyclic amines) is 1. The first-order chi connectivity index (χ1) is 11.3. The van der Waals surface area contributed by atoms with Crippen molar-refractivity contribution in [3.05, 3.63) is 0 Å². The molecule has 0 aromatic carbocycles. The summed E-state index contributed by atoms with van der Waals surface area (Å²) in [5.41, 5.74) is -0.377. The second kappa shape index (κ2) is 9.76. The number of rotatable bonds is 10. The molecule has 0 aliphatic carbocycles. The molecule has 142 valence electrons. The molecule has 1 rings (SSSR count). The Labute approximate surface area is 149 Å². The molecular weight excluding hydrogens is 300 g/mol. The van der Waals surface area contributed by atoms with Gasteiger partial charge in [0.05, 0.1) is 5.60 Å². The van der Waals surface area contributed by atoms with Gasteiger partial charge in [-0.3, -0.25) is 4.79 Å². The van der Waals surface area contributed by atoms with Crippen LogP contribution in [0.3, 0.4) is 0 Å². The summed E-state index contributed by atoms with van der Waals surface area (Å²) in [4.78, 5) is 15.1. The van der Waals surface area contributed by atoms with Crippen LogP contribution in [0.15, 0.2) is 0 Å². The second-order valence-corrected chi connectivity index (χ2v) is 8.12. The lowest BCUT2D eigenvalue weighted by Gasteiger charge is -2.35. The van der Waals surface area contributed by atoms with Gasteiger partial charge in [0.15, 0.2) is 0 Å². The van der Waals surface area contributed by atoms with E-state index in [1.165, 1.54) is 0 Å². The average Bonchev–Trinajstić information content (AvgIpc) is 2.57. The van der Waals surface area contributed by atoms with Gasteiger partial charge < -0.3 is 15.0 Å². The van der Waals surface area contributed by atoms with Crippen molar-refractivity contribution in [2.45, 2.75) is 91.2 Å². The summed E-state index contributed by atoms with van der Waals surface area (Å²) < 4.78 is 6.18. The predicted molar refractivity (Wildman–Crippen MR) is 101 cm³/mol. The lowest BCUT2D eigenvalue weighted by Crippen LogP contribution is -2.48. The van der Waals surface area contributed by atoms with Gasteiger partial charge in [-0.25, -0.2) is 0 Å². The number of carbonyl (C=O) groups excluding carboxylic acids is 1. The maximum Gasteiger partial charge on any atom is 0.226 e. The third kappa shape index (κ3) is 6.36. The third-order valence-electron chi connectivity index (χ3n) is 6.01. The number of amides is 1. The fraction of sp³-hybridized carbons (Fsp3) is 0.950. The van der Waals surface area contributed by atoms with Crippen molar-refractivity contribution < 1.29 is 9.53 Å². The maximum absolute atomic E-state index is 12.8. The molecular formula is C20H40N2O2. The molecule has 2 unspecified atom stereocenters. The number of nitrogens with zero attached hydrogens (tertiary/aromatic N) is 1. The van der Waals surface area contributed by atoms with E-state index in [1.807, 2.05) is 0 Å². The van der Waals surface area contributed by atoms with Gasteiger partial charge in [-0.1, -0.05) is 34.1 Å². The highest BCUT2D eigenvalue weighted by molar-refractivity contribution is 5.82. The highest BCUT2D eigenvalue weighted by Crippen LogP contribution is 2.29. The highest BCUT2D eigenvalue weighted by atomic mass is 16.5. The van der Waals surface area contributed by atoms with E-state index in [1.54, 1.807) is 0 Å². The molecule has 0 aromatic heterocycles. The van der Waals surface area contributed by atoms with Crippen LogP contribution < -0.4 is 5.32 Å². The molecule has 0 saturated carbocycles. The summed E-state index contributed by atoms with van der Waals surface area (Å²) in [6.45, 7) is 13.6. The largest absolute Gasteiger partial charge is 0.375 e. The van der Waals surface area contributed by atoms with Crippen molar-refractivity contribution in [3.8, 4) is 0 Å². The summed E-state index contributed by atoms with van der Waals surface area (Å²) in [7, 11) is 2.15. The van der Waals surface area contributed by atoms with Crippen LogP contribution in [0.25, 0.3) is 0 Å². The Hall–Kier alpha value is -0.610. The molecule has 24 heavy (non-hydrogen) atoms. The zero-order valence-electron chi connectivity index (χ0n) is 16.9. The standard InChI is InChI=1S/C20H40N2O2/c1-7-12-20(5,9-3)24-16-13-19(4,8-2)18(23)21-17-10-14-22(6)15-11-17/h17H,7-16H2,1-6H3,(H,21,23). The second-order valence-electron chi connectivity index (χ2n) is 8.12. The summed E-state index contributed by atoms with van der Waals surface area (Å²) in [6.07, 6.45) is 6.99. The number of hydrogen-bond acceptors (Lipinski definition) is 3. The molecule has 2 atom stereocenters. The zero-order valence-corrected chi connectivity index (χ0v) is 16.9. The van der Waals surface area contributed by atoms with Crippen LogP contribution in [0, 0.1) is 5.41 Å². The molecule has 0 bridgehead atoms. The molecule has 0 radical (unpaired) electrons. The Balaban J connectivity index is 2.50. The van der Waals surface area contributed by atoms with Crippen LogP contribution in [0.1, 0.15) is 79.6 Å². The van der Waals surface area contributed by atoms with Gasteiger partial charge >= 0.3 is 0 Å². The van der Waals surface area contributed by atoms with Crippen molar-refractivity contribution >= 4 is 5.91 Å². The minimum Gasteiger partial charge on any atom is -0.375 e. The SMILES string of the molecule is CCCC(C)(CC)OCCC(C)(CC)C(=O)NC1CCN(C)CC1. The first kappa shape index (κ1) is 21.4. The van der Waals surface area contributed by atoms with Crippen LogP contribution in [-0.4, -0.2) is 49.2 Å². The highest BCUT2D eigenvalue weighted by Gasteiger charge is 2.34. The molecule has 1 aliphatic heterocycles. The summed E-state index contributed by atoms with van der Waals surface area (Å²) >= 11 is 0. The number of nitrogens with one attached hydrogen (secondary N) is 1. The van der Waals surface area contributed by atoms with Crippen molar-refractivity contribution in [2.75, 3.05) is 26.7 Å². The Morgan fingerprint density at radius 1 is 1.12 bits per heavy atom. The monoisotopic (exact) mass is 340 g/mol. The Bertz CT molecular complexity index is 380. The van der Waals surface area contributed by atoms with Gasteiger partial charge in [0, 0.05) is 18.1 Å². The van der Waals surface area contributed by atoms with Gasteiger partial charge in [0.2, 0.25) is 5.91 Å². The lowest BCUT2D eigenvalue weighted by molar-refractivity contribution is -0.134. The van der Waals surface area contributed by atoms with E-state index in [0.29, 0.717) is 12.6 Å².